The second-order valence-electron chi connectivity index (χ2n) is 13.6. The Labute approximate surface area is 292 Å². The summed E-state index contributed by atoms with van der Waals surface area (Å²) in [7, 11) is 0. The predicted octanol–water partition coefficient (Wildman–Crippen LogP) is 3.63. The van der Waals surface area contributed by atoms with E-state index in [1.165, 1.54) is 10.9 Å². The minimum absolute atomic E-state index is 0.0729. The Morgan fingerprint density at radius 3 is 2.38 bits per heavy atom. The number of hydrogen-bond donors (Lipinski definition) is 2. The fourth-order valence-electron chi connectivity index (χ4n) is 5.54. The molecule has 0 unspecified atom stereocenters. The van der Waals surface area contributed by atoms with Crippen molar-refractivity contribution in [1.29, 1.82) is 0 Å². The number of rotatable bonds is 15. The normalized spacial score (nSPS) is 14.2. The molecule has 0 saturated carbocycles. The Morgan fingerprint density at radius 1 is 0.980 bits per heavy atom. The van der Waals surface area contributed by atoms with E-state index in [0.29, 0.717) is 48.3 Å². The monoisotopic (exact) mass is 688 g/mol. The van der Waals surface area contributed by atoms with E-state index in [2.05, 4.69) is 43.8 Å². The number of allylic oxidation sites excluding steroid dienone is 1. The van der Waals surface area contributed by atoms with E-state index in [1.807, 2.05) is 32.9 Å². The number of nitrogens with one attached hydrogen (secondary N) is 1. The first-order chi connectivity index (χ1) is 23.8. The van der Waals surface area contributed by atoms with Crippen molar-refractivity contribution in [2.24, 2.45) is 0 Å². The van der Waals surface area contributed by atoms with Gasteiger partial charge in [0.2, 0.25) is 5.95 Å². The van der Waals surface area contributed by atoms with Gasteiger partial charge in [0.05, 0.1) is 32.1 Å². The second-order valence-corrected chi connectivity index (χ2v) is 13.6. The molecule has 0 spiro atoms. The van der Waals surface area contributed by atoms with Crippen molar-refractivity contribution in [1.82, 2.24) is 29.2 Å². The van der Waals surface area contributed by atoms with Crippen molar-refractivity contribution < 1.29 is 24.1 Å². The fraction of sp³-hybridized carbons (Fsp3) is 0.472. The highest BCUT2D eigenvalue weighted by atomic mass is 16.6. The summed E-state index contributed by atoms with van der Waals surface area (Å²) in [6.07, 6.45) is 3.15. The summed E-state index contributed by atoms with van der Waals surface area (Å²) in [5.41, 5.74) is 0.840. The van der Waals surface area contributed by atoms with Crippen LogP contribution in [0, 0.1) is 0 Å². The lowest BCUT2D eigenvalue weighted by molar-refractivity contribution is -0.160. The number of fused-ring (bicyclic) bond motifs is 1. The van der Waals surface area contributed by atoms with Crippen LogP contribution in [0.25, 0.3) is 16.9 Å². The number of nitrogens with zero attached hydrogens (tertiary/aromatic N) is 7. The van der Waals surface area contributed by atoms with E-state index in [4.69, 9.17) is 19.2 Å². The molecule has 1 saturated heterocycles. The molecule has 0 amide bonds. The van der Waals surface area contributed by atoms with Crippen molar-refractivity contribution in [2.75, 3.05) is 69.4 Å². The maximum absolute atomic E-state index is 13.3. The zero-order chi connectivity index (χ0) is 35.9. The van der Waals surface area contributed by atoms with E-state index < -0.39 is 11.2 Å². The molecule has 0 bridgehead atoms. The summed E-state index contributed by atoms with van der Waals surface area (Å²) in [4.78, 5) is 43.5. The topological polar surface area (TPSA) is 149 Å². The first-order valence-electron chi connectivity index (χ1n) is 16.8. The number of hydrogen-bond acceptors (Lipinski definition) is 12. The Bertz CT molecular complexity index is 1820. The highest BCUT2D eigenvalue weighted by Gasteiger charge is 2.22. The third kappa shape index (κ3) is 9.53. The number of aliphatic hydroxyl groups is 1. The van der Waals surface area contributed by atoms with Gasteiger partial charge in [-0.2, -0.15) is 4.98 Å². The number of carbonyl (C=O) groups excluding carboxylic acids is 1. The number of benzene rings is 1. The quantitative estimate of drug-likeness (QED) is 0.107. The number of carbonyl (C=O) groups is 1. The van der Waals surface area contributed by atoms with E-state index >= 15 is 0 Å². The molecule has 1 aliphatic rings. The van der Waals surface area contributed by atoms with Crippen LogP contribution in [-0.2, 0) is 31.2 Å². The first-order valence-corrected chi connectivity index (χ1v) is 16.8. The smallest absolute Gasteiger partial charge is 0.332 e. The number of piperazine rings is 1. The number of aromatic nitrogens is 5. The minimum atomic E-state index is -1.16. The van der Waals surface area contributed by atoms with Gasteiger partial charge in [-0.15, -0.1) is 6.58 Å². The first kappa shape index (κ1) is 36.6. The Morgan fingerprint density at radius 2 is 1.70 bits per heavy atom. The van der Waals surface area contributed by atoms with Gasteiger partial charge in [-0.05, 0) is 71.0 Å². The Kier molecular flexibility index (Phi) is 11.7. The van der Waals surface area contributed by atoms with E-state index in [-0.39, 0.29) is 24.7 Å². The molecule has 5 rings (SSSR count). The van der Waals surface area contributed by atoms with Gasteiger partial charge in [0.1, 0.15) is 23.2 Å². The molecule has 3 aromatic heterocycles. The van der Waals surface area contributed by atoms with E-state index in [1.54, 1.807) is 42.8 Å². The number of esters is 1. The Hall–Kier alpha value is -4.63. The fourth-order valence-corrected chi connectivity index (χ4v) is 5.54. The molecule has 1 aromatic carbocycles. The summed E-state index contributed by atoms with van der Waals surface area (Å²) >= 11 is 0. The molecule has 2 N–H and O–H groups in total. The molecule has 4 aromatic rings. The maximum Gasteiger partial charge on any atom is 0.332 e. The lowest BCUT2D eigenvalue weighted by Gasteiger charge is -2.36. The highest BCUT2D eigenvalue weighted by molar-refractivity contribution is 5.77. The third-order valence-corrected chi connectivity index (χ3v) is 7.98. The lowest BCUT2D eigenvalue weighted by atomic mass is 10.1. The zero-order valence-electron chi connectivity index (χ0n) is 29.6. The molecule has 1 fully saturated rings. The van der Waals surface area contributed by atoms with Crippen molar-refractivity contribution in [3.05, 3.63) is 77.4 Å². The molecule has 268 valence electrons. The van der Waals surface area contributed by atoms with Crippen LogP contribution in [0.5, 0.6) is 0 Å². The largest absolute Gasteiger partial charge is 0.458 e. The molecule has 1 aliphatic heterocycles. The lowest BCUT2D eigenvalue weighted by Crippen LogP contribution is -2.47. The van der Waals surface area contributed by atoms with Crippen LogP contribution in [0.1, 0.15) is 40.3 Å². The van der Waals surface area contributed by atoms with Gasteiger partial charge in [-0.25, -0.2) is 24.1 Å². The summed E-state index contributed by atoms with van der Waals surface area (Å²) in [6.45, 7) is 18.6. The Balaban J connectivity index is 1.14. The molecule has 14 heteroatoms. The van der Waals surface area contributed by atoms with Crippen LogP contribution >= 0.6 is 0 Å². The van der Waals surface area contributed by atoms with Gasteiger partial charge >= 0.3 is 5.97 Å². The number of pyridine rings is 1. The van der Waals surface area contributed by atoms with Crippen LogP contribution in [-0.4, -0.2) is 105 Å². The van der Waals surface area contributed by atoms with Gasteiger partial charge in [-0.1, -0.05) is 12.1 Å². The number of anilines is 3. The van der Waals surface area contributed by atoms with Gasteiger partial charge in [0, 0.05) is 50.3 Å². The zero-order valence-corrected chi connectivity index (χ0v) is 29.6. The molecule has 0 aliphatic carbocycles. The standard InChI is InChI=1S/C36H48N8O6/c1-7-15-43-33(46)28-24-37-34(40-32(28)44(43)30-10-8-9-29(39-30)36(5,6)47)38-26-11-13-27(14-12-26)42-18-16-41(17-19-42)20-21-48-22-23-49-25-31(45)50-35(2,3)4/h7-14,24,47H,1,15-23,25H2,2-6H3,(H,37,38,40). The maximum atomic E-state index is 13.3. The molecule has 0 radical (unpaired) electrons. The van der Waals surface area contributed by atoms with Crippen LogP contribution in [0.2, 0.25) is 0 Å². The van der Waals surface area contributed by atoms with Crippen LogP contribution in [0.15, 0.2) is 66.1 Å². The summed E-state index contributed by atoms with van der Waals surface area (Å²) in [5, 5.41) is 14.2. The van der Waals surface area contributed by atoms with Gasteiger partial charge < -0.3 is 29.5 Å². The SMILES string of the molecule is C=CCn1c(=O)c2cnc(Nc3ccc(N4CCN(CCOCCOCC(=O)OC(C)(C)C)CC4)cc3)nc2n1-c1cccc(C(C)(C)O)n1. The summed E-state index contributed by atoms with van der Waals surface area (Å²) in [5.74, 6) is 0.405. The van der Waals surface area contributed by atoms with Gasteiger partial charge in [-0.3, -0.25) is 9.69 Å². The van der Waals surface area contributed by atoms with Crippen molar-refractivity contribution in [2.45, 2.75) is 52.4 Å². The van der Waals surface area contributed by atoms with E-state index in [9.17, 15) is 14.7 Å². The molecule has 50 heavy (non-hydrogen) atoms. The summed E-state index contributed by atoms with van der Waals surface area (Å²) in [6, 6.07) is 13.4. The molecule has 4 heterocycles. The van der Waals surface area contributed by atoms with Crippen molar-refractivity contribution in [3.63, 3.8) is 0 Å². The van der Waals surface area contributed by atoms with Gasteiger partial charge in [0.25, 0.3) is 5.56 Å². The van der Waals surface area contributed by atoms with Crippen LogP contribution < -0.4 is 15.8 Å². The molecule has 0 atom stereocenters. The molecular formula is C36H48N8O6. The minimum Gasteiger partial charge on any atom is -0.458 e. The predicted molar refractivity (Wildman–Crippen MR) is 192 cm³/mol. The van der Waals surface area contributed by atoms with Gasteiger partial charge in [0.15, 0.2) is 11.5 Å². The average molecular weight is 689 g/mol. The van der Waals surface area contributed by atoms with Crippen LogP contribution in [0.3, 0.4) is 0 Å². The average Bonchev–Trinajstić information content (AvgIpc) is 3.34. The summed E-state index contributed by atoms with van der Waals surface area (Å²) < 4.78 is 19.4. The third-order valence-electron chi connectivity index (χ3n) is 7.98. The van der Waals surface area contributed by atoms with Crippen molar-refractivity contribution in [3.8, 4) is 5.82 Å². The highest BCUT2D eigenvalue weighted by Crippen LogP contribution is 2.24. The molecule has 14 nitrogen and oxygen atoms in total. The number of ether oxygens (including phenoxy) is 3. The molecular weight excluding hydrogens is 640 g/mol. The second kappa shape index (κ2) is 15.9. The van der Waals surface area contributed by atoms with E-state index in [0.717, 1.165) is 44.1 Å². The van der Waals surface area contributed by atoms with Crippen LogP contribution in [0.4, 0.5) is 17.3 Å². The van der Waals surface area contributed by atoms with Crippen molar-refractivity contribution >= 4 is 34.3 Å².